The molecule has 0 spiro atoms. The number of carbonyl (C=O) groups excluding carboxylic acids is 1. The maximum absolute atomic E-state index is 11.3. The summed E-state index contributed by atoms with van der Waals surface area (Å²) >= 11 is 0. The Morgan fingerprint density at radius 3 is 2.27 bits per heavy atom. The highest BCUT2D eigenvalue weighted by molar-refractivity contribution is 5.82. The van der Waals surface area contributed by atoms with E-state index in [1.165, 1.54) is 0 Å². The molecule has 0 aliphatic carbocycles. The Kier molecular flexibility index (Phi) is 5.12. The second-order valence-electron chi connectivity index (χ2n) is 3.27. The summed E-state index contributed by atoms with van der Waals surface area (Å²) in [6.07, 6.45) is 0. The zero-order valence-electron chi connectivity index (χ0n) is 7.98. The van der Waals surface area contributed by atoms with Crippen LogP contribution in [-0.2, 0) is 4.79 Å². The Hall–Kier alpha value is -0.370. The first-order chi connectivity index (χ1) is 5.09. The second kappa shape index (κ2) is 5.30. The van der Waals surface area contributed by atoms with Crippen molar-refractivity contribution in [3.8, 4) is 0 Å². The highest BCUT2D eigenvalue weighted by Crippen LogP contribution is 2.04. The van der Waals surface area contributed by atoms with E-state index in [1.807, 2.05) is 27.7 Å². The normalized spacial score (nSPS) is 13.5. The number of ketones is 1. The van der Waals surface area contributed by atoms with Crippen LogP contribution in [0.1, 0.15) is 27.7 Å². The molecule has 0 aliphatic rings. The van der Waals surface area contributed by atoms with E-state index in [1.54, 1.807) is 0 Å². The minimum absolute atomic E-state index is 0.162. The maximum atomic E-state index is 11.3. The van der Waals surface area contributed by atoms with Gasteiger partial charge in [-0.25, -0.2) is 0 Å². The number of hydrogen-bond donors (Lipinski definition) is 1. The molecule has 0 amide bonds. The number of hydrogen-bond acceptors (Lipinski definition) is 2. The third kappa shape index (κ3) is 4.14. The molecule has 66 valence electrons. The molecule has 0 aromatic rings. The Bertz CT molecular complexity index is 121. The lowest BCUT2D eigenvalue weighted by molar-refractivity contribution is -0.125. The molecular weight excluding hydrogens is 138 g/mol. The van der Waals surface area contributed by atoms with Crippen molar-refractivity contribution in [3.63, 3.8) is 0 Å². The van der Waals surface area contributed by atoms with E-state index < -0.39 is 0 Å². The standard InChI is InChI=1S/C9H19NO/c1-5-10-6-8(4)9(11)7(2)3/h7-8,10H,5-6H2,1-4H3. The van der Waals surface area contributed by atoms with Gasteiger partial charge in [-0.15, -0.1) is 0 Å². The largest absolute Gasteiger partial charge is 0.316 e. The molecule has 0 rings (SSSR count). The van der Waals surface area contributed by atoms with Crippen LogP contribution in [-0.4, -0.2) is 18.9 Å². The Morgan fingerprint density at radius 2 is 1.91 bits per heavy atom. The summed E-state index contributed by atoms with van der Waals surface area (Å²) in [5.74, 6) is 0.685. The minimum atomic E-state index is 0.162. The predicted molar refractivity (Wildman–Crippen MR) is 47.6 cm³/mol. The van der Waals surface area contributed by atoms with Crippen LogP contribution >= 0.6 is 0 Å². The number of rotatable bonds is 5. The maximum Gasteiger partial charge on any atom is 0.139 e. The van der Waals surface area contributed by atoms with E-state index in [2.05, 4.69) is 5.32 Å². The number of carbonyl (C=O) groups is 1. The molecule has 0 saturated carbocycles. The van der Waals surface area contributed by atoms with Gasteiger partial charge >= 0.3 is 0 Å². The minimum Gasteiger partial charge on any atom is -0.316 e. The molecule has 0 radical (unpaired) electrons. The molecule has 0 aromatic carbocycles. The highest BCUT2D eigenvalue weighted by Gasteiger charge is 2.14. The molecule has 0 aromatic heterocycles. The zero-order chi connectivity index (χ0) is 8.85. The molecule has 2 nitrogen and oxygen atoms in total. The smallest absolute Gasteiger partial charge is 0.139 e. The van der Waals surface area contributed by atoms with Gasteiger partial charge in [-0.3, -0.25) is 4.79 Å². The number of Topliss-reactive ketones (excluding diaryl/α,β-unsaturated/α-hetero) is 1. The van der Waals surface area contributed by atoms with Gasteiger partial charge in [0.2, 0.25) is 0 Å². The molecule has 0 heterocycles. The molecule has 1 N–H and O–H groups in total. The lowest BCUT2D eigenvalue weighted by Gasteiger charge is -2.12. The van der Waals surface area contributed by atoms with E-state index in [0.717, 1.165) is 13.1 Å². The van der Waals surface area contributed by atoms with Crippen molar-refractivity contribution in [2.45, 2.75) is 27.7 Å². The molecule has 0 saturated heterocycles. The molecule has 1 atom stereocenters. The van der Waals surface area contributed by atoms with Crippen molar-refractivity contribution in [3.05, 3.63) is 0 Å². The first-order valence-electron chi connectivity index (χ1n) is 4.34. The van der Waals surface area contributed by atoms with Gasteiger partial charge < -0.3 is 5.32 Å². The molecule has 0 bridgehead atoms. The highest BCUT2D eigenvalue weighted by atomic mass is 16.1. The summed E-state index contributed by atoms with van der Waals surface area (Å²) in [7, 11) is 0. The average molecular weight is 157 g/mol. The van der Waals surface area contributed by atoms with Crippen molar-refractivity contribution >= 4 is 5.78 Å². The monoisotopic (exact) mass is 157 g/mol. The van der Waals surface area contributed by atoms with Gasteiger partial charge in [0.15, 0.2) is 0 Å². The molecule has 2 heteroatoms. The van der Waals surface area contributed by atoms with Crippen LogP contribution < -0.4 is 5.32 Å². The van der Waals surface area contributed by atoms with Gasteiger partial charge in [0.05, 0.1) is 0 Å². The molecule has 1 unspecified atom stereocenters. The summed E-state index contributed by atoms with van der Waals surface area (Å²) in [6.45, 7) is 9.68. The Morgan fingerprint density at radius 1 is 1.36 bits per heavy atom. The molecule has 0 aliphatic heterocycles. The molecule has 0 fully saturated rings. The molecule has 11 heavy (non-hydrogen) atoms. The van der Waals surface area contributed by atoms with Crippen LogP contribution in [0.2, 0.25) is 0 Å². The van der Waals surface area contributed by atoms with Crippen molar-refractivity contribution < 1.29 is 4.79 Å². The van der Waals surface area contributed by atoms with Gasteiger partial charge in [0.25, 0.3) is 0 Å². The fourth-order valence-electron chi connectivity index (χ4n) is 1.03. The van der Waals surface area contributed by atoms with Crippen molar-refractivity contribution in [1.82, 2.24) is 5.32 Å². The van der Waals surface area contributed by atoms with Gasteiger partial charge in [0.1, 0.15) is 5.78 Å². The fraction of sp³-hybridized carbons (Fsp3) is 0.889. The Labute approximate surface area is 69.4 Å². The van der Waals surface area contributed by atoms with Crippen LogP contribution in [0, 0.1) is 11.8 Å². The van der Waals surface area contributed by atoms with Gasteiger partial charge in [-0.1, -0.05) is 27.7 Å². The van der Waals surface area contributed by atoms with Gasteiger partial charge in [-0.2, -0.15) is 0 Å². The van der Waals surface area contributed by atoms with E-state index >= 15 is 0 Å². The van der Waals surface area contributed by atoms with Gasteiger partial charge in [-0.05, 0) is 6.54 Å². The summed E-state index contributed by atoms with van der Waals surface area (Å²) in [5.41, 5.74) is 0. The van der Waals surface area contributed by atoms with Crippen molar-refractivity contribution in [2.24, 2.45) is 11.8 Å². The SMILES string of the molecule is CCNCC(C)C(=O)C(C)C. The first-order valence-corrected chi connectivity index (χ1v) is 4.34. The lowest BCUT2D eigenvalue weighted by Crippen LogP contribution is -2.28. The van der Waals surface area contributed by atoms with Crippen LogP contribution in [0.15, 0.2) is 0 Å². The topological polar surface area (TPSA) is 29.1 Å². The van der Waals surface area contributed by atoms with Crippen LogP contribution in [0.25, 0.3) is 0 Å². The van der Waals surface area contributed by atoms with E-state index in [0.29, 0.717) is 5.78 Å². The van der Waals surface area contributed by atoms with Crippen LogP contribution in [0.3, 0.4) is 0 Å². The fourth-order valence-corrected chi connectivity index (χ4v) is 1.03. The quantitative estimate of drug-likeness (QED) is 0.654. The third-order valence-corrected chi connectivity index (χ3v) is 1.76. The van der Waals surface area contributed by atoms with E-state index in [9.17, 15) is 4.79 Å². The summed E-state index contributed by atoms with van der Waals surface area (Å²) in [5, 5.41) is 3.16. The summed E-state index contributed by atoms with van der Waals surface area (Å²) in [4.78, 5) is 11.3. The van der Waals surface area contributed by atoms with Gasteiger partial charge in [0, 0.05) is 18.4 Å². The first kappa shape index (κ1) is 10.6. The van der Waals surface area contributed by atoms with E-state index in [4.69, 9.17) is 0 Å². The third-order valence-electron chi connectivity index (χ3n) is 1.76. The lowest BCUT2D eigenvalue weighted by atomic mass is 9.97. The predicted octanol–water partition coefficient (Wildman–Crippen LogP) is 1.46. The van der Waals surface area contributed by atoms with Crippen LogP contribution in [0.4, 0.5) is 0 Å². The van der Waals surface area contributed by atoms with Crippen molar-refractivity contribution in [1.29, 1.82) is 0 Å². The number of nitrogens with one attached hydrogen (secondary N) is 1. The summed E-state index contributed by atoms with van der Waals surface area (Å²) < 4.78 is 0. The summed E-state index contributed by atoms with van der Waals surface area (Å²) in [6, 6.07) is 0. The zero-order valence-corrected chi connectivity index (χ0v) is 7.98. The van der Waals surface area contributed by atoms with Crippen LogP contribution in [0.5, 0.6) is 0 Å². The molecular formula is C9H19NO. The second-order valence-corrected chi connectivity index (χ2v) is 3.27. The van der Waals surface area contributed by atoms with E-state index in [-0.39, 0.29) is 11.8 Å². The average Bonchev–Trinajstić information content (AvgIpc) is 1.98. The Balaban J connectivity index is 3.64. The van der Waals surface area contributed by atoms with Crippen molar-refractivity contribution in [2.75, 3.05) is 13.1 Å².